The van der Waals surface area contributed by atoms with E-state index in [4.69, 9.17) is 9.15 Å². The van der Waals surface area contributed by atoms with Gasteiger partial charge in [0, 0.05) is 18.0 Å². The smallest absolute Gasteiger partial charge is 0.247 e. The third kappa shape index (κ3) is 4.05. The Balaban J connectivity index is 1.54. The van der Waals surface area contributed by atoms with E-state index in [9.17, 15) is 0 Å². The van der Waals surface area contributed by atoms with Crippen LogP contribution in [-0.2, 0) is 0 Å². The summed E-state index contributed by atoms with van der Waals surface area (Å²) >= 11 is 1.59. The van der Waals surface area contributed by atoms with E-state index < -0.39 is 0 Å². The highest BCUT2D eigenvalue weighted by molar-refractivity contribution is 7.99. The Labute approximate surface area is 174 Å². The van der Waals surface area contributed by atoms with Crippen LogP contribution in [0.3, 0.4) is 0 Å². The second-order valence-electron chi connectivity index (χ2n) is 6.80. The largest absolute Gasteiger partial charge is 0.497 e. The van der Waals surface area contributed by atoms with Crippen LogP contribution in [0.25, 0.3) is 17.1 Å². The van der Waals surface area contributed by atoms with Crippen molar-refractivity contribution in [3.63, 3.8) is 0 Å². The number of rotatable bonds is 6. The zero-order chi connectivity index (χ0) is 20.4. The van der Waals surface area contributed by atoms with Gasteiger partial charge in [-0.1, -0.05) is 29.5 Å². The van der Waals surface area contributed by atoms with E-state index in [1.54, 1.807) is 18.9 Å². The molecular weight excluding hydrogens is 384 g/mol. The van der Waals surface area contributed by atoms with Gasteiger partial charge in [-0.15, -0.1) is 10.2 Å². The van der Waals surface area contributed by atoms with Crippen LogP contribution >= 0.6 is 11.8 Å². The molecule has 0 saturated carbocycles. The van der Waals surface area contributed by atoms with Gasteiger partial charge in [-0.05, 0) is 56.7 Å². The lowest BCUT2D eigenvalue weighted by Gasteiger charge is -2.12. The van der Waals surface area contributed by atoms with Crippen molar-refractivity contribution >= 4 is 11.8 Å². The zero-order valence-corrected chi connectivity index (χ0v) is 17.6. The van der Waals surface area contributed by atoms with Gasteiger partial charge in [0.25, 0.3) is 0 Å². The highest BCUT2D eigenvalue weighted by Crippen LogP contribution is 2.35. The Morgan fingerprint density at radius 1 is 1.07 bits per heavy atom. The van der Waals surface area contributed by atoms with Crippen molar-refractivity contribution in [2.75, 3.05) is 7.11 Å². The Morgan fingerprint density at radius 2 is 1.86 bits per heavy atom. The zero-order valence-electron chi connectivity index (χ0n) is 16.8. The fourth-order valence-corrected chi connectivity index (χ4v) is 4.00. The number of ether oxygens (including phenoxy) is 1. The number of benzene rings is 2. The third-order valence-electron chi connectivity index (χ3n) is 4.63. The molecule has 0 aliphatic carbocycles. The molecule has 2 aromatic carbocycles. The van der Waals surface area contributed by atoms with Gasteiger partial charge in [0.1, 0.15) is 5.75 Å². The van der Waals surface area contributed by atoms with Gasteiger partial charge < -0.3 is 9.15 Å². The predicted octanol–water partition coefficient (Wildman–Crippen LogP) is 5.40. The molecule has 1 atom stereocenters. The Bertz CT molecular complexity index is 1120. The van der Waals surface area contributed by atoms with Crippen molar-refractivity contribution in [1.82, 2.24) is 19.7 Å². The summed E-state index contributed by atoms with van der Waals surface area (Å²) in [7, 11) is 1.64. The molecule has 0 fully saturated rings. The molecule has 29 heavy (non-hydrogen) atoms. The van der Waals surface area contributed by atoms with Crippen LogP contribution in [0.5, 0.6) is 5.75 Å². The van der Waals surface area contributed by atoms with Crippen molar-refractivity contribution in [3.8, 4) is 22.9 Å². The Morgan fingerprint density at radius 3 is 2.59 bits per heavy atom. The molecule has 0 spiro atoms. The fourth-order valence-electron chi connectivity index (χ4n) is 3.09. The van der Waals surface area contributed by atoms with Gasteiger partial charge in [-0.25, -0.2) is 4.98 Å². The van der Waals surface area contributed by atoms with Crippen LogP contribution in [0.15, 0.2) is 64.4 Å². The molecule has 4 rings (SSSR count). The first-order valence-corrected chi connectivity index (χ1v) is 10.2. The number of hydrogen-bond donors (Lipinski definition) is 0. The summed E-state index contributed by atoms with van der Waals surface area (Å²) in [6.07, 6.45) is 3.79. The summed E-state index contributed by atoms with van der Waals surface area (Å²) in [5.41, 5.74) is 4.42. The second kappa shape index (κ2) is 8.13. The molecule has 6 nitrogen and oxygen atoms in total. The number of aryl methyl sites for hydroxylation is 2. The summed E-state index contributed by atoms with van der Waals surface area (Å²) in [6, 6.07) is 14.0. The number of hydrogen-bond acceptors (Lipinski definition) is 6. The minimum atomic E-state index is -0.0404. The maximum Gasteiger partial charge on any atom is 0.247 e. The van der Waals surface area contributed by atoms with Crippen LogP contribution in [0, 0.1) is 13.8 Å². The average Bonchev–Trinajstić information content (AvgIpc) is 3.38. The SMILES string of the molecule is COc1ccc(-c2nnc(C(C)Sc3nccn3-c3ccc(C)cc3C)o2)cc1. The van der Waals surface area contributed by atoms with E-state index in [0.29, 0.717) is 11.8 Å². The summed E-state index contributed by atoms with van der Waals surface area (Å²) in [6.45, 7) is 6.24. The average molecular weight is 407 g/mol. The maximum absolute atomic E-state index is 5.92. The van der Waals surface area contributed by atoms with Crippen molar-refractivity contribution < 1.29 is 9.15 Å². The molecule has 7 heteroatoms. The van der Waals surface area contributed by atoms with Gasteiger partial charge in [0.15, 0.2) is 5.16 Å². The lowest BCUT2D eigenvalue weighted by atomic mass is 10.1. The van der Waals surface area contributed by atoms with Gasteiger partial charge in [-0.2, -0.15) is 0 Å². The molecule has 0 radical (unpaired) electrons. The van der Waals surface area contributed by atoms with Crippen LogP contribution in [-0.4, -0.2) is 26.9 Å². The Kier molecular flexibility index (Phi) is 5.40. The van der Waals surface area contributed by atoms with E-state index in [-0.39, 0.29) is 5.25 Å². The monoisotopic (exact) mass is 406 g/mol. The Hall–Kier alpha value is -3.06. The molecule has 0 N–H and O–H groups in total. The third-order valence-corrected chi connectivity index (χ3v) is 5.69. The number of thioether (sulfide) groups is 1. The molecule has 0 amide bonds. The first-order valence-electron chi connectivity index (χ1n) is 9.30. The molecule has 0 aliphatic rings. The summed E-state index contributed by atoms with van der Waals surface area (Å²) in [5, 5.41) is 9.28. The van der Waals surface area contributed by atoms with E-state index >= 15 is 0 Å². The maximum atomic E-state index is 5.92. The highest BCUT2D eigenvalue weighted by Gasteiger charge is 2.19. The van der Waals surface area contributed by atoms with Crippen LogP contribution in [0.1, 0.15) is 29.2 Å². The fraction of sp³-hybridized carbons (Fsp3) is 0.227. The minimum absolute atomic E-state index is 0.0404. The van der Waals surface area contributed by atoms with E-state index in [1.807, 2.05) is 43.6 Å². The molecule has 0 aliphatic heterocycles. The number of imidazole rings is 1. The summed E-state index contributed by atoms with van der Waals surface area (Å²) in [5.74, 6) is 1.85. The van der Waals surface area contributed by atoms with Gasteiger partial charge in [-0.3, -0.25) is 4.57 Å². The summed E-state index contributed by atoms with van der Waals surface area (Å²) < 4.78 is 13.2. The summed E-state index contributed by atoms with van der Waals surface area (Å²) in [4.78, 5) is 4.53. The molecule has 148 valence electrons. The normalized spacial score (nSPS) is 12.1. The first kappa shape index (κ1) is 19.3. The number of nitrogens with zero attached hydrogens (tertiary/aromatic N) is 4. The molecule has 0 saturated heterocycles. The quantitative estimate of drug-likeness (QED) is 0.399. The topological polar surface area (TPSA) is 66.0 Å². The predicted molar refractivity (Wildman–Crippen MR) is 114 cm³/mol. The number of aromatic nitrogens is 4. The molecular formula is C22H22N4O2S. The van der Waals surface area contributed by atoms with Gasteiger partial charge >= 0.3 is 0 Å². The van der Waals surface area contributed by atoms with E-state index in [1.165, 1.54) is 11.1 Å². The van der Waals surface area contributed by atoms with Gasteiger partial charge in [0.2, 0.25) is 11.8 Å². The number of methoxy groups -OCH3 is 1. The van der Waals surface area contributed by atoms with Crippen molar-refractivity contribution in [1.29, 1.82) is 0 Å². The minimum Gasteiger partial charge on any atom is -0.497 e. The molecule has 2 heterocycles. The lowest BCUT2D eigenvalue weighted by molar-refractivity contribution is 0.415. The van der Waals surface area contributed by atoms with Gasteiger partial charge in [0.05, 0.1) is 18.0 Å². The van der Waals surface area contributed by atoms with Crippen LogP contribution in [0.2, 0.25) is 0 Å². The molecule has 2 aromatic heterocycles. The van der Waals surface area contributed by atoms with E-state index in [2.05, 4.69) is 51.8 Å². The first-order chi connectivity index (χ1) is 14.0. The van der Waals surface area contributed by atoms with Crippen molar-refractivity contribution in [3.05, 3.63) is 71.9 Å². The lowest BCUT2D eigenvalue weighted by Crippen LogP contribution is -2.00. The highest BCUT2D eigenvalue weighted by atomic mass is 32.2. The van der Waals surface area contributed by atoms with Crippen molar-refractivity contribution in [2.45, 2.75) is 31.2 Å². The molecule has 4 aromatic rings. The standard InChI is InChI=1S/C22H22N4O2S/c1-14-5-10-19(15(2)13-14)26-12-11-23-22(26)29-16(3)20-24-25-21(28-20)17-6-8-18(27-4)9-7-17/h5-13,16H,1-4H3. The second-order valence-corrected chi connectivity index (χ2v) is 8.11. The molecule has 0 bridgehead atoms. The van der Waals surface area contributed by atoms with Crippen LogP contribution in [0.4, 0.5) is 0 Å². The van der Waals surface area contributed by atoms with E-state index in [0.717, 1.165) is 22.2 Å². The molecule has 1 unspecified atom stereocenters. The van der Waals surface area contributed by atoms with Crippen LogP contribution < -0.4 is 4.74 Å². The van der Waals surface area contributed by atoms with Crippen molar-refractivity contribution in [2.24, 2.45) is 0 Å².